The summed E-state index contributed by atoms with van der Waals surface area (Å²) >= 11 is 1.60. The summed E-state index contributed by atoms with van der Waals surface area (Å²) in [6.45, 7) is 9.35. The zero-order valence-electron chi connectivity index (χ0n) is 13.4. The largest absolute Gasteiger partial charge is 0.346 e. The molecule has 22 heavy (non-hydrogen) atoms. The molecule has 2 heterocycles. The van der Waals surface area contributed by atoms with Gasteiger partial charge in [0.2, 0.25) is 5.91 Å². The van der Waals surface area contributed by atoms with Crippen LogP contribution in [0.15, 0.2) is 10.9 Å². The monoisotopic (exact) mass is 320 g/mol. The fraction of sp³-hybridized carbons (Fsp3) is 0.467. The molecule has 0 aliphatic carbocycles. The summed E-state index contributed by atoms with van der Waals surface area (Å²) in [4.78, 5) is 29.5. The van der Waals surface area contributed by atoms with E-state index in [1.165, 1.54) is 10.7 Å². The highest BCUT2D eigenvalue weighted by atomic mass is 32.1. The van der Waals surface area contributed by atoms with Crippen LogP contribution in [-0.4, -0.2) is 20.7 Å². The number of carbonyl (C=O) groups is 1. The van der Waals surface area contributed by atoms with Gasteiger partial charge in [-0.2, -0.15) is 5.10 Å². The smallest absolute Gasteiger partial charge is 0.267 e. The van der Waals surface area contributed by atoms with Crippen LogP contribution in [0.1, 0.15) is 39.8 Å². The van der Waals surface area contributed by atoms with Gasteiger partial charge in [-0.05, 0) is 40.2 Å². The van der Waals surface area contributed by atoms with Crippen molar-refractivity contribution in [2.75, 3.05) is 0 Å². The minimum absolute atomic E-state index is 0.0908. The van der Waals surface area contributed by atoms with Crippen molar-refractivity contribution < 1.29 is 4.79 Å². The lowest BCUT2D eigenvalue weighted by atomic mass is 10.2. The molecule has 0 fully saturated rings. The minimum Gasteiger partial charge on any atom is -0.346 e. The molecule has 118 valence electrons. The van der Waals surface area contributed by atoms with Crippen molar-refractivity contribution in [2.45, 2.75) is 47.2 Å². The first-order chi connectivity index (χ1) is 10.3. The maximum absolute atomic E-state index is 12.1. The Morgan fingerprint density at radius 3 is 2.64 bits per heavy atom. The zero-order valence-corrected chi connectivity index (χ0v) is 14.2. The standard InChI is InChI=1S/C15H20N4O2S/c1-8-6-14(21)19(18-9(8)2)7-13(20)16-10(3)15-11(4)22-12(5)17-15/h6,10H,7H2,1-5H3,(H,16,20). The Balaban J connectivity index is 2.09. The Morgan fingerprint density at radius 1 is 1.36 bits per heavy atom. The highest BCUT2D eigenvalue weighted by molar-refractivity contribution is 7.11. The normalized spacial score (nSPS) is 12.2. The molecule has 0 bridgehead atoms. The third-order valence-corrected chi connectivity index (χ3v) is 4.36. The number of aryl methyl sites for hydroxylation is 4. The number of hydrogen-bond acceptors (Lipinski definition) is 5. The Hall–Kier alpha value is -2.02. The fourth-order valence-electron chi connectivity index (χ4n) is 2.22. The molecule has 0 radical (unpaired) electrons. The lowest BCUT2D eigenvalue weighted by Gasteiger charge is -2.13. The first kappa shape index (κ1) is 16.4. The van der Waals surface area contributed by atoms with Gasteiger partial charge in [0.1, 0.15) is 6.54 Å². The summed E-state index contributed by atoms with van der Waals surface area (Å²) in [5.74, 6) is -0.254. The number of nitrogens with zero attached hydrogens (tertiary/aromatic N) is 3. The molecule has 1 N–H and O–H groups in total. The second-order valence-electron chi connectivity index (χ2n) is 5.37. The molecule has 0 spiro atoms. The van der Waals surface area contributed by atoms with E-state index in [1.807, 2.05) is 34.6 Å². The lowest BCUT2D eigenvalue weighted by Crippen LogP contribution is -2.35. The molecule has 7 heteroatoms. The van der Waals surface area contributed by atoms with Crippen molar-refractivity contribution >= 4 is 17.2 Å². The van der Waals surface area contributed by atoms with E-state index in [0.29, 0.717) is 0 Å². The number of hydrogen-bond donors (Lipinski definition) is 1. The van der Waals surface area contributed by atoms with E-state index < -0.39 is 0 Å². The average molecular weight is 320 g/mol. The van der Waals surface area contributed by atoms with E-state index >= 15 is 0 Å². The molecule has 6 nitrogen and oxygen atoms in total. The maximum Gasteiger partial charge on any atom is 0.267 e. The maximum atomic E-state index is 12.1. The number of thiazole rings is 1. The molecule has 0 saturated heterocycles. The molecule has 2 aromatic rings. The molecule has 0 saturated carbocycles. The second kappa shape index (κ2) is 6.39. The van der Waals surface area contributed by atoms with Gasteiger partial charge < -0.3 is 5.32 Å². The molecule has 0 aromatic carbocycles. The number of amides is 1. The highest BCUT2D eigenvalue weighted by Crippen LogP contribution is 2.22. The van der Waals surface area contributed by atoms with E-state index in [9.17, 15) is 9.59 Å². The third kappa shape index (κ3) is 3.59. The average Bonchev–Trinajstić information content (AvgIpc) is 2.75. The molecule has 0 aliphatic heterocycles. The van der Waals surface area contributed by atoms with Crippen LogP contribution in [0.4, 0.5) is 0 Å². The summed E-state index contributed by atoms with van der Waals surface area (Å²) in [5.41, 5.74) is 2.16. The van der Waals surface area contributed by atoms with Crippen LogP contribution in [0.3, 0.4) is 0 Å². The SMILES string of the molecule is Cc1nc(C(C)NC(=O)Cn2nc(C)c(C)cc2=O)c(C)s1. The number of nitrogens with one attached hydrogen (secondary N) is 1. The quantitative estimate of drug-likeness (QED) is 0.932. The summed E-state index contributed by atoms with van der Waals surface area (Å²) in [7, 11) is 0. The Morgan fingerprint density at radius 2 is 2.05 bits per heavy atom. The molecule has 2 aromatic heterocycles. The molecule has 2 rings (SSSR count). The van der Waals surface area contributed by atoms with Crippen molar-refractivity contribution in [3.63, 3.8) is 0 Å². The van der Waals surface area contributed by atoms with Crippen LogP contribution >= 0.6 is 11.3 Å². The first-order valence-electron chi connectivity index (χ1n) is 7.06. The Bertz CT molecular complexity index is 763. The Labute approximate surface area is 133 Å². The molecule has 1 atom stereocenters. The number of aromatic nitrogens is 3. The number of rotatable bonds is 4. The van der Waals surface area contributed by atoms with Gasteiger partial charge in [-0.25, -0.2) is 9.67 Å². The molecular weight excluding hydrogens is 300 g/mol. The summed E-state index contributed by atoms with van der Waals surface area (Å²) < 4.78 is 1.18. The van der Waals surface area contributed by atoms with Crippen molar-refractivity contribution in [3.8, 4) is 0 Å². The van der Waals surface area contributed by atoms with E-state index in [-0.39, 0.29) is 24.1 Å². The number of carbonyl (C=O) groups excluding carboxylic acids is 1. The van der Waals surface area contributed by atoms with Crippen LogP contribution in [0.5, 0.6) is 0 Å². The highest BCUT2D eigenvalue weighted by Gasteiger charge is 2.16. The second-order valence-corrected chi connectivity index (χ2v) is 6.78. The van der Waals surface area contributed by atoms with Gasteiger partial charge in [-0.3, -0.25) is 9.59 Å². The predicted octanol–water partition coefficient (Wildman–Crippen LogP) is 1.81. The van der Waals surface area contributed by atoms with Crippen molar-refractivity contribution in [1.29, 1.82) is 0 Å². The third-order valence-electron chi connectivity index (χ3n) is 3.46. The van der Waals surface area contributed by atoms with Crippen molar-refractivity contribution in [3.05, 3.63) is 43.3 Å². The molecule has 0 aliphatic rings. The van der Waals surface area contributed by atoms with Gasteiger partial charge >= 0.3 is 0 Å². The summed E-state index contributed by atoms with van der Waals surface area (Å²) in [5, 5.41) is 7.98. The predicted molar refractivity (Wildman–Crippen MR) is 86.1 cm³/mol. The van der Waals surface area contributed by atoms with E-state index in [0.717, 1.165) is 26.8 Å². The summed E-state index contributed by atoms with van der Waals surface area (Å²) in [6.07, 6.45) is 0. The van der Waals surface area contributed by atoms with E-state index in [4.69, 9.17) is 0 Å². The van der Waals surface area contributed by atoms with Gasteiger partial charge in [0.15, 0.2) is 0 Å². The van der Waals surface area contributed by atoms with Crippen LogP contribution < -0.4 is 10.9 Å². The van der Waals surface area contributed by atoms with Gasteiger partial charge in [-0.15, -0.1) is 11.3 Å². The van der Waals surface area contributed by atoms with Crippen LogP contribution in [-0.2, 0) is 11.3 Å². The van der Waals surface area contributed by atoms with E-state index in [1.54, 1.807) is 11.3 Å². The van der Waals surface area contributed by atoms with Gasteiger partial charge in [0.05, 0.1) is 22.4 Å². The Kier molecular flexibility index (Phi) is 4.75. The molecular formula is C15H20N4O2S. The van der Waals surface area contributed by atoms with E-state index in [2.05, 4.69) is 15.4 Å². The van der Waals surface area contributed by atoms with Crippen molar-refractivity contribution in [2.24, 2.45) is 0 Å². The topological polar surface area (TPSA) is 76.9 Å². The van der Waals surface area contributed by atoms with Gasteiger partial charge in [-0.1, -0.05) is 0 Å². The zero-order chi connectivity index (χ0) is 16.4. The van der Waals surface area contributed by atoms with Gasteiger partial charge in [0.25, 0.3) is 5.56 Å². The van der Waals surface area contributed by atoms with Gasteiger partial charge in [0, 0.05) is 10.9 Å². The van der Waals surface area contributed by atoms with Crippen LogP contribution in [0, 0.1) is 27.7 Å². The molecule has 1 amide bonds. The molecule has 1 unspecified atom stereocenters. The van der Waals surface area contributed by atoms with Crippen LogP contribution in [0.25, 0.3) is 0 Å². The first-order valence-corrected chi connectivity index (χ1v) is 7.88. The lowest BCUT2D eigenvalue weighted by molar-refractivity contribution is -0.122. The van der Waals surface area contributed by atoms with Crippen molar-refractivity contribution in [1.82, 2.24) is 20.1 Å². The van der Waals surface area contributed by atoms with Crippen LogP contribution in [0.2, 0.25) is 0 Å². The summed E-state index contributed by atoms with van der Waals surface area (Å²) in [6, 6.07) is 1.30. The minimum atomic E-state index is -0.272. The fourth-order valence-corrected chi connectivity index (χ4v) is 3.14.